The van der Waals surface area contributed by atoms with E-state index in [0.29, 0.717) is 23.9 Å². The average Bonchev–Trinajstić information content (AvgIpc) is 3.20. The van der Waals surface area contributed by atoms with Crippen LogP contribution in [-0.4, -0.2) is 47.9 Å². The molecule has 2 aromatic rings. The van der Waals surface area contributed by atoms with E-state index in [0.717, 1.165) is 18.5 Å². The first-order valence-electron chi connectivity index (χ1n) is 7.04. The molecule has 0 atom stereocenters. The molecule has 22 heavy (non-hydrogen) atoms. The summed E-state index contributed by atoms with van der Waals surface area (Å²) in [5.74, 6) is 0. The average molecular weight is 342 g/mol. The van der Waals surface area contributed by atoms with Gasteiger partial charge in [0.2, 0.25) is 0 Å². The Bertz CT molecular complexity index is 703. The summed E-state index contributed by atoms with van der Waals surface area (Å²) >= 11 is 1.26. The summed E-state index contributed by atoms with van der Waals surface area (Å²) < 4.78 is 33.8. The van der Waals surface area contributed by atoms with Crippen LogP contribution in [0.1, 0.15) is 24.6 Å². The van der Waals surface area contributed by atoms with Crippen LogP contribution in [-0.2, 0) is 21.4 Å². The number of aromatic nitrogens is 3. The van der Waals surface area contributed by atoms with Gasteiger partial charge in [-0.05, 0) is 24.3 Å². The molecule has 3 rings (SSSR count). The van der Waals surface area contributed by atoms with Crippen LogP contribution in [0.15, 0.2) is 27.9 Å². The zero-order chi connectivity index (χ0) is 15.6. The molecule has 1 aliphatic rings. The van der Waals surface area contributed by atoms with Crippen LogP contribution < -0.4 is 0 Å². The van der Waals surface area contributed by atoms with E-state index in [2.05, 4.69) is 10.3 Å². The van der Waals surface area contributed by atoms with Gasteiger partial charge in [0.1, 0.15) is 9.90 Å². The summed E-state index contributed by atoms with van der Waals surface area (Å²) in [6.45, 7) is 1.44. The van der Waals surface area contributed by atoms with Gasteiger partial charge in [-0.25, -0.2) is 13.1 Å². The van der Waals surface area contributed by atoms with Crippen LogP contribution in [0, 0.1) is 0 Å². The van der Waals surface area contributed by atoms with Gasteiger partial charge in [-0.2, -0.15) is 4.31 Å². The molecule has 0 saturated carbocycles. The standard InChI is InChI=1S/C13H18N4O3S2/c1-20-10-11-9-17(15-14-11)12-4-6-16(7-5-12)22(18,19)13-3-2-8-21-13/h2-3,8-9,12H,4-7,10H2,1H3. The Hall–Kier alpha value is -1.29. The van der Waals surface area contributed by atoms with E-state index >= 15 is 0 Å². The number of hydrogen-bond donors (Lipinski definition) is 0. The van der Waals surface area contributed by atoms with E-state index < -0.39 is 10.0 Å². The van der Waals surface area contributed by atoms with Crippen LogP contribution in [0.5, 0.6) is 0 Å². The van der Waals surface area contributed by atoms with E-state index in [-0.39, 0.29) is 6.04 Å². The van der Waals surface area contributed by atoms with Crippen molar-refractivity contribution < 1.29 is 13.2 Å². The fraction of sp³-hybridized carbons (Fsp3) is 0.538. The Balaban J connectivity index is 1.65. The van der Waals surface area contributed by atoms with E-state index in [1.165, 1.54) is 11.3 Å². The molecule has 0 radical (unpaired) electrons. The first kappa shape index (κ1) is 15.6. The van der Waals surface area contributed by atoms with Crippen molar-refractivity contribution in [2.45, 2.75) is 29.7 Å². The van der Waals surface area contributed by atoms with Gasteiger partial charge in [-0.15, -0.1) is 16.4 Å². The minimum atomic E-state index is -3.34. The highest BCUT2D eigenvalue weighted by molar-refractivity contribution is 7.91. The maximum atomic E-state index is 12.5. The Morgan fingerprint density at radius 3 is 2.82 bits per heavy atom. The van der Waals surface area contributed by atoms with E-state index in [1.54, 1.807) is 28.9 Å². The number of methoxy groups -OCH3 is 1. The maximum Gasteiger partial charge on any atom is 0.252 e. The first-order valence-corrected chi connectivity index (χ1v) is 9.36. The summed E-state index contributed by atoms with van der Waals surface area (Å²) in [6, 6.07) is 3.60. The van der Waals surface area contributed by atoms with Crippen LogP contribution in [0.3, 0.4) is 0 Å². The number of thiophene rings is 1. The normalized spacial score (nSPS) is 17.9. The Kier molecular flexibility index (Phi) is 4.57. The number of rotatable bonds is 5. The van der Waals surface area contributed by atoms with E-state index in [9.17, 15) is 8.42 Å². The van der Waals surface area contributed by atoms with Gasteiger partial charge in [0.25, 0.3) is 10.0 Å². The summed E-state index contributed by atoms with van der Waals surface area (Å²) in [5.41, 5.74) is 0.788. The highest BCUT2D eigenvalue weighted by Crippen LogP contribution is 2.28. The topological polar surface area (TPSA) is 77.3 Å². The third kappa shape index (κ3) is 3.07. The fourth-order valence-corrected chi connectivity index (χ4v) is 5.20. The molecular weight excluding hydrogens is 324 g/mol. The summed E-state index contributed by atoms with van der Waals surface area (Å²) in [7, 11) is -1.72. The molecule has 9 heteroatoms. The molecule has 1 saturated heterocycles. The molecule has 0 bridgehead atoms. The van der Waals surface area contributed by atoms with Crippen molar-refractivity contribution in [3.05, 3.63) is 29.4 Å². The van der Waals surface area contributed by atoms with Gasteiger partial charge in [0.05, 0.1) is 18.8 Å². The SMILES string of the molecule is COCc1cn(C2CCN(S(=O)(=O)c3cccs3)CC2)nn1. The second kappa shape index (κ2) is 6.45. The van der Waals surface area contributed by atoms with Gasteiger partial charge >= 0.3 is 0 Å². The lowest BCUT2D eigenvalue weighted by molar-refractivity contribution is 0.181. The van der Waals surface area contributed by atoms with Gasteiger partial charge in [0, 0.05) is 20.2 Å². The number of sulfonamides is 1. The monoisotopic (exact) mass is 342 g/mol. The van der Waals surface area contributed by atoms with Crippen LogP contribution in [0.4, 0.5) is 0 Å². The lowest BCUT2D eigenvalue weighted by atomic mass is 10.1. The molecule has 0 aliphatic carbocycles. The zero-order valence-electron chi connectivity index (χ0n) is 12.3. The molecule has 3 heterocycles. The first-order chi connectivity index (χ1) is 10.6. The fourth-order valence-electron chi connectivity index (χ4n) is 2.59. The highest BCUT2D eigenvalue weighted by atomic mass is 32.2. The summed E-state index contributed by atoms with van der Waals surface area (Å²) in [5, 5.41) is 9.95. The molecule has 1 fully saturated rings. The van der Waals surface area contributed by atoms with Crippen molar-refractivity contribution in [1.82, 2.24) is 19.3 Å². The second-order valence-electron chi connectivity index (χ2n) is 5.19. The molecule has 0 amide bonds. The molecule has 2 aromatic heterocycles. The molecule has 0 aromatic carbocycles. The van der Waals surface area contributed by atoms with Gasteiger partial charge in [-0.1, -0.05) is 11.3 Å². The molecule has 120 valence electrons. The number of ether oxygens (including phenoxy) is 1. The zero-order valence-corrected chi connectivity index (χ0v) is 13.9. The van der Waals surface area contributed by atoms with Crippen molar-refractivity contribution in [3.63, 3.8) is 0 Å². The molecule has 7 nitrogen and oxygen atoms in total. The second-order valence-corrected chi connectivity index (χ2v) is 8.30. The summed E-state index contributed by atoms with van der Waals surface area (Å²) in [6.07, 6.45) is 3.35. The van der Waals surface area contributed by atoms with Crippen molar-refractivity contribution in [1.29, 1.82) is 0 Å². The third-order valence-corrected chi connectivity index (χ3v) is 7.01. The van der Waals surface area contributed by atoms with E-state index in [1.807, 2.05) is 10.9 Å². The molecule has 0 spiro atoms. The van der Waals surface area contributed by atoms with Crippen molar-refractivity contribution in [2.75, 3.05) is 20.2 Å². The van der Waals surface area contributed by atoms with Crippen molar-refractivity contribution in [3.8, 4) is 0 Å². The molecule has 1 aliphatic heterocycles. The lowest BCUT2D eigenvalue weighted by Gasteiger charge is -2.30. The molecule has 0 unspecified atom stereocenters. The quantitative estimate of drug-likeness (QED) is 0.823. The predicted octanol–water partition coefficient (Wildman–Crippen LogP) is 1.51. The Morgan fingerprint density at radius 1 is 1.41 bits per heavy atom. The number of piperidine rings is 1. The maximum absolute atomic E-state index is 12.5. The van der Waals surface area contributed by atoms with Gasteiger partial charge < -0.3 is 4.74 Å². The molecular formula is C13H18N4O3S2. The number of hydrogen-bond acceptors (Lipinski definition) is 6. The predicted molar refractivity (Wildman–Crippen MR) is 82.1 cm³/mol. The highest BCUT2D eigenvalue weighted by Gasteiger charge is 2.30. The van der Waals surface area contributed by atoms with Crippen molar-refractivity contribution in [2.24, 2.45) is 0 Å². The third-order valence-electron chi connectivity index (χ3n) is 3.74. The van der Waals surface area contributed by atoms with Gasteiger partial charge in [-0.3, -0.25) is 0 Å². The Labute approximate surface area is 133 Å². The van der Waals surface area contributed by atoms with Crippen molar-refractivity contribution >= 4 is 21.4 Å². The lowest BCUT2D eigenvalue weighted by Crippen LogP contribution is -2.38. The van der Waals surface area contributed by atoms with Crippen LogP contribution >= 0.6 is 11.3 Å². The molecule has 0 N–H and O–H groups in total. The number of nitrogens with zero attached hydrogens (tertiary/aromatic N) is 4. The smallest absolute Gasteiger partial charge is 0.252 e. The van der Waals surface area contributed by atoms with Crippen LogP contribution in [0.2, 0.25) is 0 Å². The van der Waals surface area contributed by atoms with Crippen LogP contribution in [0.25, 0.3) is 0 Å². The minimum absolute atomic E-state index is 0.188. The van der Waals surface area contributed by atoms with E-state index in [4.69, 9.17) is 4.74 Å². The van der Waals surface area contributed by atoms with Gasteiger partial charge in [0.15, 0.2) is 0 Å². The minimum Gasteiger partial charge on any atom is -0.378 e. The largest absolute Gasteiger partial charge is 0.378 e. The summed E-state index contributed by atoms with van der Waals surface area (Å²) in [4.78, 5) is 0. The Morgan fingerprint density at radius 2 is 2.18 bits per heavy atom.